The largest absolute Gasteiger partial charge is 0.497 e. The van der Waals surface area contributed by atoms with E-state index in [-0.39, 0.29) is 23.1 Å². The number of methoxy groups -OCH3 is 1. The smallest absolute Gasteiger partial charge is 0.353 e. The molecule has 0 bridgehead atoms. The van der Waals surface area contributed by atoms with Crippen molar-refractivity contribution in [3.63, 3.8) is 0 Å². The van der Waals surface area contributed by atoms with E-state index in [2.05, 4.69) is 20.2 Å². The summed E-state index contributed by atoms with van der Waals surface area (Å²) in [4.78, 5) is 23.7. The maximum Gasteiger partial charge on any atom is 0.353 e. The molecule has 31 heavy (non-hydrogen) atoms. The molecule has 0 radical (unpaired) electrons. The summed E-state index contributed by atoms with van der Waals surface area (Å²) in [5, 5.41) is 14.9. The van der Waals surface area contributed by atoms with Crippen LogP contribution in [-0.4, -0.2) is 48.2 Å². The van der Waals surface area contributed by atoms with Crippen molar-refractivity contribution < 1.29 is 14.1 Å². The zero-order valence-corrected chi connectivity index (χ0v) is 16.9. The van der Waals surface area contributed by atoms with Crippen molar-refractivity contribution in [1.29, 1.82) is 0 Å². The minimum absolute atomic E-state index is 0.115. The Kier molecular flexibility index (Phi) is 5.78. The zero-order valence-electron chi connectivity index (χ0n) is 16.9. The predicted octanol–water partition coefficient (Wildman–Crippen LogP) is 3.60. The van der Waals surface area contributed by atoms with Gasteiger partial charge in [-0.05, 0) is 36.4 Å². The molecule has 1 saturated heterocycles. The lowest BCUT2D eigenvalue weighted by atomic mass is 10.2. The predicted molar refractivity (Wildman–Crippen MR) is 116 cm³/mol. The number of piperazine rings is 1. The number of nitro groups is 1. The molecule has 0 aliphatic carbocycles. The van der Waals surface area contributed by atoms with Crippen molar-refractivity contribution in [2.75, 3.05) is 48.4 Å². The average Bonchev–Trinajstić information content (AvgIpc) is 2.79. The monoisotopic (exact) mass is 424 g/mol. The number of nitrogens with one attached hydrogen (secondary N) is 1. The number of hydrogen-bond acceptors (Lipinski definition) is 8. The third-order valence-electron chi connectivity index (χ3n) is 5.09. The van der Waals surface area contributed by atoms with Crippen LogP contribution in [0.1, 0.15) is 0 Å². The van der Waals surface area contributed by atoms with E-state index in [4.69, 9.17) is 4.74 Å². The summed E-state index contributed by atoms with van der Waals surface area (Å²) in [6, 6.07) is 13.4. The van der Waals surface area contributed by atoms with Crippen LogP contribution < -0.4 is 19.9 Å². The molecule has 1 aliphatic rings. The number of rotatable bonds is 6. The third kappa shape index (κ3) is 4.47. The summed E-state index contributed by atoms with van der Waals surface area (Å²) >= 11 is 0. The number of benzene rings is 2. The van der Waals surface area contributed by atoms with Gasteiger partial charge in [0.15, 0.2) is 0 Å². The first kappa shape index (κ1) is 20.3. The fourth-order valence-corrected chi connectivity index (χ4v) is 3.53. The van der Waals surface area contributed by atoms with Gasteiger partial charge in [0.2, 0.25) is 11.6 Å². The Morgan fingerprint density at radius 2 is 1.77 bits per heavy atom. The van der Waals surface area contributed by atoms with E-state index in [9.17, 15) is 14.5 Å². The van der Waals surface area contributed by atoms with Crippen molar-refractivity contribution in [3.8, 4) is 5.75 Å². The van der Waals surface area contributed by atoms with E-state index in [1.54, 1.807) is 43.5 Å². The minimum atomic E-state index is -0.468. The number of hydrogen-bond donors (Lipinski definition) is 1. The van der Waals surface area contributed by atoms with Crippen LogP contribution in [0.4, 0.5) is 33.1 Å². The molecule has 0 unspecified atom stereocenters. The average molecular weight is 424 g/mol. The summed E-state index contributed by atoms with van der Waals surface area (Å²) in [6.45, 7) is 2.33. The number of ether oxygens (including phenoxy) is 1. The highest BCUT2D eigenvalue weighted by Crippen LogP contribution is 2.34. The maximum atomic E-state index is 13.2. The standard InChI is InChI=1S/C21H21FN6O3/c1-31-18-4-2-3-16(13-18)25-20-19(28(29)30)21(24-14-23-20)27-11-9-26(10-12-27)17-7-5-15(22)6-8-17/h2-8,13-14H,9-12H2,1H3,(H,23,24,25). The lowest BCUT2D eigenvalue weighted by molar-refractivity contribution is -0.383. The SMILES string of the molecule is COc1cccc(Nc2ncnc(N3CCN(c4ccc(F)cc4)CC3)c2[N+](=O)[O-])c1. The Bertz CT molecular complexity index is 1070. The van der Waals surface area contributed by atoms with Crippen LogP contribution in [0.2, 0.25) is 0 Å². The molecule has 2 aromatic carbocycles. The normalized spacial score (nSPS) is 13.7. The molecular weight excluding hydrogens is 403 g/mol. The second-order valence-electron chi connectivity index (χ2n) is 6.96. The van der Waals surface area contributed by atoms with E-state index in [0.29, 0.717) is 37.6 Å². The highest BCUT2D eigenvalue weighted by atomic mass is 19.1. The molecule has 1 aliphatic heterocycles. The third-order valence-corrected chi connectivity index (χ3v) is 5.09. The Balaban J connectivity index is 1.55. The van der Waals surface area contributed by atoms with E-state index in [1.807, 2.05) is 4.90 Å². The Morgan fingerprint density at radius 1 is 1.06 bits per heavy atom. The van der Waals surface area contributed by atoms with Gasteiger partial charge in [0.1, 0.15) is 17.9 Å². The van der Waals surface area contributed by atoms with Crippen molar-refractivity contribution in [2.24, 2.45) is 0 Å². The number of aromatic nitrogens is 2. The minimum Gasteiger partial charge on any atom is -0.497 e. The second-order valence-corrected chi connectivity index (χ2v) is 6.96. The quantitative estimate of drug-likeness (QED) is 0.474. The number of nitrogens with zero attached hydrogens (tertiary/aromatic N) is 5. The molecule has 10 heteroatoms. The maximum absolute atomic E-state index is 13.2. The lowest BCUT2D eigenvalue weighted by Gasteiger charge is -2.36. The van der Waals surface area contributed by atoms with Crippen LogP contribution in [0, 0.1) is 15.9 Å². The molecule has 160 valence electrons. The molecule has 1 fully saturated rings. The summed E-state index contributed by atoms with van der Waals surface area (Å²) in [6.07, 6.45) is 1.32. The first-order valence-electron chi connectivity index (χ1n) is 9.71. The van der Waals surface area contributed by atoms with E-state index < -0.39 is 4.92 Å². The van der Waals surface area contributed by atoms with Crippen molar-refractivity contribution >= 4 is 28.7 Å². The van der Waals surface area contributed by atoms with Crippen molar-refractivity contribution in [1.82, 2.24) is 9.97 Å². The summed E-state index contributed by atoms with van der Waals surface area (Å²) in [7, 11) is 1.55. The molecular formula is C21H21FN6O3. The molecule has 9 nitrogen and oxygen atoms in total. The topological polar surface area (TPSA) is 96.7 Å². The Hall–Kier alpha value is -3.95. The molecule has 0 amide bonds. The van der Waals surface area contributed by atoms with Crippen molar-refractivity contribution in [2.45, 2.75) is 0 Å². The van der Waals surface area contributed by atoms with Crippen LogP contribution in [-0.2, 0) is 0 Å². The van der Waals surface area contributed by atoms with E-state index >= 15 is 0 Å². The first-order valence-corrected chi connectivity index (χ1v) is 9.71. The van der Waals surface area contributed by atoms with Crippen LogP contribution in [0.3, 0.4) is 0 Å². The molecule has 2 heterocycles. The Labute approximate surface area is 178 Å². The van der Waals surface area contributed by atoms with Crippen LogP contribution in [0.15, 0.2) is 54.9 Å². The zero-order chi connectivity index (χ0) is 21.8. The summed E-state index contributed by atoms with van der Waals surface area (Å²) < 4.78 is 18.4. The van der Waals surface area contributed by atoms with Crippen LogP contribution in [0.5, 0.6) is 5.75 Å². The van der Waals surface area contributed by atoms with Gasteiger partial charge >= 0.3 is 5.69 Å². The molecule has 0 saturated carbocycles. The molecule has 0 spiro atoms. The van der Waals surface area contributed by atoms with Gasteiger partial charge in [0.05, 0.1) is 12.0 Å². The van der Waals surface area contributed by atoms with Gasteiger partial charge < -0.3 is 19.9 Å². The van der Waals surface area contributed by atoms with Gasteiger partial charge in [-0.25, -0.2) is 14.4 Å². The molecule has 3 aromatic rings. The molecule has 4 rings (SSSR count). The van der Waals surface area contributed by atoms with Gasteiger partial charge in [-0.15, -0.1) is 0 Å². The fraction of sp³-hybridized carbons (Fsp3) is 0.238. The van der Waals surface area contributed by atoms with Crippen LogP contribution >= 0.6 is 0 Å². The van der Waals surface area contributed by atoms with Gasteiger partial charge in [0.25, 0.3) is 0 Å². The second kappa shape index (κ2) is 8.82. The lowest BCUT2D eigenvalue weighted by Crippen LogP contribution is -2.47. The van der Waals surface area contributed by atoms with Crippen LogP contribution in [0.25, 0.3) is 0 Å². The summed E-state index contributed by atoms with van der Waals surface area (Å²) in [5.41, 5.74) is 1.35. The number of halogens is 1. The Morgan fingerprint density at radius 3 is 2.45 bits per heavy atom. The first-order chi connectivity index (χ1) is 15.0. The molecule has 1 aromatic heterocycles. The van der Waals surface area contributed by atoms with E-state index in [0.717, 1.165) is 5.69 Å². The van der Waals surface area contributed by atoms with Crippen molar-refractivity contribution in [3.05, 3.63) is 70.8 Å². The van der Waals surface area contributed by atoms with Gasteiger partial charge in [-0.3, -0.25) is 10.1 Å². The number of anilines is 4. The highest BCUT2D eigenvalue weighted by Gasteiger charge is 2.29. The van der Waals surface area contributed by atoms with E-state index in [1.165, 1.54) is 18.5 Å². The fourth-order valence-electron chi connectivity index (χ4n) is 3.53. The molecule has 0 atom stereocenters. The highest BCUT2D eigenvalue weighted by molar-refractivity contribution is 5.75. The van der Waals surface area contributed by atoms with Gasteiger partial charge in [-0.1, -0.05) is 6.07 Å². The van der Waals surface area contributed by atoms with Gasteiger partial charge in [-0.2, -0.15) is 0 Å². The summed E-state index contributed by atoms with van der Waals surface area (Å²) in [5.74, 6) is 0.724. The molecule has 1 N–H and O–H groups in total. The van der Waals surface area contributed by atoms with Gasteiger partial charge in [0, 0.05) is 43.6 Å².